The number of rotatable bonds is 4. The summed E-state index contributed by atoms with van der Waals surface area (Å²) in [6, 6.07) is 16.4. The predicted octanol–water partition coefficient (Wildman–Crippen LogP) is 4.72. The Morgan fingerprint density at radius 1 is 0.933 bits per heavy atom. The first-order valence-corrected chi connectivity index (χ1v) is 10.3. The Hall–Kier alpha value is -3.38. The number of anilines is 1. The molecule has 1 saturated heterocycles. The SMILES string of the molecule is CN1CCC(n2cc(-c3cnc(N)c(-c4ccc(-c5ccccc5)o4)c3)cn2)CC1. The lowest BCUT2D eigenvalue weighted by Gasteiger charge is -2.28. The highest BCUT2D eigenvalue weighted by Crippen LogP contribution is 2.34. The van der Waals surface area contributed by atoms with E-state index >= 15 is 0 Å². The van der Waals surface area contributed by atoms with Crippen LogP contribution in [0.2, 0.25) is 0 Å². The van der Waals surface area contributed by atoms with Crippen molar-refractivity contribution >= 4 is 5.82 Å². The van der Waals surface area contributed by atoms with Crippen molar-refractivity contribution < 1.29 is 4.42 Å². The fourth-order valence-electron chi connectivity index (χ4n) is 4.02. The summed E-state index contributed by atoms with van der Waals surface area (Å²) in [4.78, 5) is 6.78. The van der Waals surface area contributed by atoms with E-state index in [9.17, 15) is 0 Å². The molecule has 1 aromatic carbocycles. The Balaban J connectivity index is 1.43. The first-order chi connectivity index (χ1) is 14.7. The number of benzene rings is 1. The zero-order valence-corrected chi connectivity index (χ0v) is 17.0. The highest BCUT2D eigenvalue weighted by Gasteiger charge is 2.19. The zero-order valence-electron chi connectivity index (χ0n) is 17.0. The van der Waals surface area contributed by atoms with Gasteiger partial charge in [0, 0.05) is 29.1 Å². The molecule has 4 aromatic rings. The van der Waals surface area contributed by atoms with Crippen LogP contribution in [0.15, 0.2) is 71.5 Å². The van der Waals surface area contributed by atoms with Crippen LogP contribution < -0.4 is 5.73 Å². The molecule has 6 nitrogen and oxygen atoms in total. The Morgan fingerprint density at radius 2 is 1.70 bits per heavy atom. The van der Waals surface area contributed by atoms with Gasteiger partial charge < -0.3 is 15.1 Å². The first kappa shape index (κ1) is 18.6. The van der Waals surface area contributed by atoms with Crippen molar-refractivity contribution in [3.05, 3.63) is 67.1 Å². The van der Waals surface area contributed by atoms with E-state index in [4.69, 9.17) is 10.2 Å². The van der Waals surface area contributed by atoms with Crippen LogP contribution in [0.25, 0.3) is 33.8 Å². The molecule has 0 radical (unpaired) electrons. The van der Waals surface area contributed by atoms with Crippen molar-refractivity contribution in [1.29, 1.82) is 0 Å². The average molecular weight is 399 g/mol. The highest BCUT2D eigenvalue weighted by molar-refractivity contribution is 5.77. The maximum Gasteiger partial charge on any atom is 0.138 e. The molecular weight excluding hydrogens is 374 g/mol. The maximum absolute atomic E-state index is 6.19. The average Bonchev–Trinajstić information content (AvgIpc) is 3.46. The lowest BCUT2D eigenvalue weighted by Crippen LogP contribution is -2.31. The van der Waals surface area contributed by atoms with Crippen LogP contribution in [0.4, 0.5) is 5.82 Å². The van der Waals surface area contributed by atoms with Crippen LogP contribution in [0, 0.1) is 0 Å². The molecule has 0 amide bonds. The number of piperidine rings is 1. The van der Waals surface area contributed by atoms with Gasteiger partial charge >= 0.3 is 0 Å². The van der Waals surface area contributed by atoms with Gasteiger partial charge in [0.1, 0.15) is 17.3 Å². The van der Waals surface area contributed by atoms with Crippen LogP contribution in [-0.4, -0.2) is 39.8 Å². The fraction of sp³-hybridized carbons (Fsp3) is 0.250. The second kappa shape index (κ2) is 7.80. The number of likely N-dealkylation sites (tertiary alicyclic amines) is 1. The lowest BCUT2D eigenvalue weighted by atomic mass is 10.1. The van der Waals surface area contributed by atoms with Gasteiger partial charge in [0.2, 0.25) is 0 Å². The van der Waals surface area contributed by atoms with E-state index in [1.807, 2.05) is 54.7 Å². The van der Waals surface area contributed by atoms with E-state index in [1.54, 1.807) is 6.20 Å². The fourth-order valence-corrected chi connectivity index (χ4v) is 4.02. The summed E-state index contributed by atoms with van der Waals surface area (Å²) in [6.07, 6.45) is 8.07. The third kappa shape index (κ3) is 3.62. The van der Waals surface area contributed by atoms with E-state index in [-0.39, 0.29) is 0 Å². The van der Waals surface area contributed by atoms with Crippen molar-refractivity contribution in [2.24, 2.45) is 0 Å². The molecule has 30 heavy (non-hydrogen) atoms. The number of aromatic nitrogens is 3. The van der Waals surface area contributed by atoms with Crippen molar-refractivity contribution in [1.82, 2.24) is 19.7 Å². The molecule has 152 valence electrons. The molecule has 0 unspecified atom stereocenters. The summed E-state index contributed by atoms with van der Waals surface area (Å²) >= 11 is 0. The Bertz CT molecular complexity index is 1140. The van der Waals surface area contributed by atoms with Crippen molar-refractivity contribution in [3.63, 3.8) is 0 Å². The van der Waals surface area contributed by atoms with Crippen molar-refractivity contribution in [2.75, 3.05) is 25.9 Å². The van der Waals surface area contributed by atoms with Gasteiger partial charge in [0.05, 0.1) is 17.8 Å². The quantitative estimate of drug-likeness (QED) is 0.537. The minimum Gasteiger partial charge on any atom is -0.456 e. The van der Waals surface area contributed by atoms with Gasteiger partial charge in [-0.05, 0) is 51.2 Å². The van der Waals surface area contributed by atoms with Crippen LogP contribution in [0.3, 0.4) is 0 Å². The van der Waals surface area contributed by atoms with E-state index in [1.165, 1.54) is 0 Å². The Labute approximate surface area is 176 Å². The van der Waals surface area contributed by atoms with Crippen molar-refractivity contribution in [2.45, 2.75) is 18.9 Å². The summed E-state index contributed by atoms with van der Waals surface area (Å²) in [5.41, 5.74) is 10.0. The largest absolute Gasteiger partial charge is 0.456 e. The monoisotopic (exact) mass is 399 g/mol. The molecule has 0 spiro atoms. The summed E-state index contributed by atoms with van der Waals surface area (Å²) in [6.45, 7) is 2.21. The Morgan fingerprint density at radius 3 is 2.50 bits per heavy atom. The van der Waals surface area contributed by atoms with Gasteiger partial charge in [-0.25, -0.2) is 4.98 Å². The topological polar surface area (TPSA) is 73.1 Å². The number of nitrogens with zero attached hydrogens (tertiary/aromatic N) is 4. The minimum atomic E-state index is 0.453. The molecule has 5 rings (SSSR count). The highest BCUT2D eigenvalue weighted by atomic mass is 16.3. The standard InChI is InChI=1S/C24H25N5O/c1-28-11-9-20(10-12-28)29-16-19(15-27-29)18-13-21(24(25)26-14-18)23-8-7-22(30-23)17-5-3-2-4-6-17/h2-8,13-16,20H,9-12H2,1H3,(H2,25,26). The number of nitrogens with two attached hydrogens (primary N) is 1. The van der Waals surface area contributed by atoms with Gasteiger partial charge in [0.15, 0.2) is 0 Å². The number of hydrogen-bond acceptors (Lipinski definition) is 5. The third-order valence-corrected chi connectivity index (χ3v) is 5.85. The molecule has 0 aliphatic carbocycles. The maximum atomic E-state index is 6.19. The molecule has 4 heterocycles. The van der Waals surface area contributed by atoms with Gasteiger partial charge in [-0.1, -0.05) is 30.3 Å². The first-order valence-electron chi connectivity index (χ1n) is 10.3. The normalized spacial score (nSPS) is 15.5. The second-order valence-electron chi connectivity index (χ2n) is 7.93. The van der Waals surface area contributed by atoms with Gasteiger partial charge in [-0.15, -0.1) is 0 Å². The van der Waals surface area contributed by atoms with E-state index < -0.39 is 0 Å². The third-order valence-electron chi connectivity index (χ3n) is 5.85. The summed E-state index contributed by atoms with van der Waals surface area (Å²) < 4.78 is 8.19. The van der Waals surface area contributed by atoms with E-state index in [0.717, 1.165) is 53.9 Å². The van der Waals surface area contributed by atoms with Gasteiger partial charge in [-0.2, -0.15) is 5.10 Å². The van der Waals surface area contributed by atoms with Crippen LogP contribution in [0.1, 0.15) is 18.9 Å². The minimum absolute atomic E-state index is 0.453. The van der Waals surface area contributed by atoms with Crippen LogP contribution in [-0.2, 0) is 0 Å². The molecular formula is C24H25N5O. The van der Waals surface area contributed by atoms with Crippen molar-refractivity contribution in [3.8, 4) is 33.8 Å². The number of furan rings is 1. The summed E-state index contributed by atoms with van der Waals surface area (Å²) in [5, 5.41) is 4.63. The van der Waals surface area contributed by atoms with Crippen LogP contribution in [0.5, 0.6) is 0 Å². The molecule has 6 heteroatoms. The van der Waals surface area contributed by atoms with E-state index in [0.29, 0.717) is 17.6 Å². The number of hydrogen-bond donors (Lipinski definition) is 1. The summed E-state index contributed by atoms with van der Waals surface area (Å²) in [7, 11) is 2.17. The molecule has 1 aliphatic heterocycles. The smallest absolute Gasteiger partial charge is 0.138 e. The molecule has 1 aliphatic rings. The molecule has 1 fully saturated rings. The van der Waals surface area contributed by atoms with Gasteiger partial charge in [0.25, 0.3) is 0 Å². The number of pyridine rings is 1. The van der Waals surface area contributed by atoms with Crippen LogP contribution >= 0.6 is 0 Å². The Kier molecular flexibility index (Phi) is 4.85. The predicted molar refractivity (Wildman–Crippen MR) is 119 cm³/mol. The molecule has 0 bridgehead atoms. The molecule has 0 saturated carbocycles. The molecule has 3 aromatic heterocycles. The van der Waals surface area contributed by atoms with E-state index in [2.05, 4.69) is 32.9 Å². The molecule has 2 N–H and O–H groups in total. The summed E-state index contributed by atoms with van der Waals surface area (Å²) in [5.74, 6) is 1.98. The zero-order chi connectivity index (χ0) is 20.5. The lowest BCUT2D eigenvalue weighted by molar-refractivity contribution is 0.212. The van der Waals surface area contributed by atoms with Gasteiger partial charge in [-0.3, -0.25) is 4.68 Å². The molecule has 0 atom stereocenters. The second-order valence-corrected chi connectivity index (χ2v) is 7.93. The number of nitrogen functional groups attached to an aromatic ring is 1.